The number of nitrogen functional groups attached to an aromatic ring is 1. The molecular formula is C20H15ClN4OS. The van der Waals surface area contributed by atoms with Gasteiger partial charge in [-0.05, 0) is 31.2 Å². The van der Waals surface area contributed by atoms with Crippen LogP contribution in [0, 0.1) is 6.92 Å². The summed E-state index contributed by atoms with van der Waals surface area (Å²) in [6.45, 7) is 1.85. The second kappa shape index (κ2) is 6.98. The molecule has 7 heteroatoms. The Balaban J connectivity index is 1.78. The number of amides is 1. The van der Waals surface area contributed by atoms with Gasteiger partial charge in [-0.25, -0.2) is 9.97 Å². The molecule has 4 aromatic rings. The monoisotopic (exact) mass is 394 g/mol. The van der Waals surface area contributed by atoms with E-state index in [2.05, 4.69) is 15.3 Å². The fourth-order valence-corrected chi connectivity index (χ4v) is 4.10. The van der Waals surface area contributed by atoms with E-state index < -0.39 is 0 Å². The first-order chi connectivity index (χ1) is 13.0. The van der Waals surface area contributed by atoms with Crippen molar-refractivity contribution in [2.24, 2.45) is 0 Å². The first-order valence-corrected chi connectivity index (χ1v) is 9.42. The Hall–Kier alpha value is -2.96. The van der Waals surface area contributed by atoms with Gasteiger partial charge in [-0.1, -0.05) is 41.9 Å². The van der Waals surface area contributed by atoms with Gasteiger partial charge in [-0.3, -0.25) is 4.79 Å². The van der Waals surface area contributed by atoms with Crippen LogP contribution in [0.4, 0.5) is 11.4 Å². The van der Waals surface area contributed by atoms with Crippen molar-refractivity contribution in [3.05, 3.63) is 70.2 Å². The molecule has 0 aliphatic carbocycles. The number of carbonyl (C=O) groups excluding carboxylic acids is 1. The molecule has 0 atom stereocenters. The van der Waals surface area contributed by atoms with Crippen molar-refractivity contribution in [3.8, 4) is 11.4 Å². The molecule has 134 valence electrons. The molecule has 0 saturated heterocycles. The summed E-state index contributed by atoms with van der Waals surface area (Å²) in [5.74, 6) is 0.252. The van der Waals surface area contributed by atoms with Crippen molar-refractivity contribution < 1.29 is 4.79 Å². The molecule has 2 aromatic carbocycles. The number of rotatable bonds is 3. The van der Waals surface area contributed by atoms with E-state index in [0.29, 0.717) is 43.0 Å². The molecule has 0 fully saturated rings. The molecule has 0 radical (unpaired) electrons. The third-order valence-corrected chi connectivity index (χ3v) is 5.55. The van der Waals surface area contributed by atoms with Crippen LogP contribution in [0.1, 0.15) is 15.4 Å². The van der Waals surface area contributed by atoms with Gasteiger partial charge in [0.15, 0.2) is 5.82 Å². The minimum absolute atomic E-state index is 0.264. The molecule has 0 aliphatic heterocycles. The van der Waals surface area contributed by atoms with Crippen molar-refractivity contribution >= 4 is 50.4 Å². The molecular weight excluding hydrogens is 380 g/mol. The van der Waals surface area contributed by atoms with E-state index in [-0.39, 0.29) is 5.91 Å². The lowest BCUT2D eigenvalue weighted by molar-refractivity contribution is 0.103. The number of nitrogens with zero attached hydrogens (tertiary/aromatic N) is 2. The highest BCUT2D eigenvalue weighted by atomic mass is 35.5. The Kier molecular flexibility index (Phi) is 4.51. The van der Waals surface area contributed by atoms with Crippen molar-refractivity contribution in [2.75, 3.05) is 11.1 Å². The first-order valence-electron chi connectivity index (χ1n) is 8.22. The van der Waals surface area contributed by atoms with Gasteiger partial charge < -0.3 is 11.1 Å². The Morgan fingerprint density at radius 1 is 1.07 bits per heavy atom. The molecule has 0 bridgehead atoms. The lowest BCUT2D eigenvalue weighted by Crippen LogP contribution is -2.11. The lowest BCUT2D eigenvalue weighted by Gasteiger charge is -2.05. The lowest BCUT2D eigenvalue weighted by atomic mass is 10.2. The van der Waals surface area contributed by atoms with E-state index in [1.54, 1.807) is 6.07 Å². The summed E-state index contributed by atoms with van der Waals surface area (Å²) in [7, 11) is 0. The van der Waals surface area contributed by atoms with E-state index in [9.17, 15) is 4.79 Å². The standard InChI is InChI=1S/C20H15ClN4OS/c1-11-15-16(22)17(19(26)24-12-7-3-2-4-8-12)27-20(15)25-18(23-11)13-9-5-6-10-14(13)21/h2-10H,22H2,1H3,(H,24,26). The van der Waals surface area contributed by atoms with Crippen LogP contribution >= 0.6 is 22.9 Å². The van der Waals surface area contributed by atoms with E-state index >= 15 is 0 Å². The van der Waals surface area contributed by atoms with Gasteiger partial charge in [0.25, 0.3) is 5.91 Å². The predicted molar refractivity (Wildman–Crippen MR) is 111 cm³/mol. The summed E-state index contributed by atoms with van der Waals surface area (Å²) >= 11 is 7.52. The number of fused-ring (bicyclic) bond motifs is 1. The summed E-state index contributed by atoms with van der Waals surface area (Å²) in [6.07, 6.45) is 0. The first kappa shape index (κ1) is 17.5. The molecule has 0 spiro atoms. The van der Waals surface area contributed by atoms with Crippen molar-refractivity contribution in [1.29, 1.82) is 0 Å². The van der Waals surface area contributed by atoms with Crippen LogP contribution in [0.3, 0.4) is 0 Å². The number of hydrogen-bond acceptors (Lipinski definition) is 5. The van der Waals surface area contributed by atoms with Crippen LogP contribution in [0.2, 0.25) is 5.02 Å². The van der Waals surface area contributed by atoms with E-state index in [4.69, 9.17) is 17.3 Å². The number of thiophene rings is 1. The highest BCUT2D eigenvalue weighted by Gasteiger charge is 2.21. The number of nitrogens with two attached hydrogens (primary N) is 1. The number of benzene rings is 2. The maximum Gasteiger partial charge on any atom is 0.267 e. The Morgan fingerprint density at radius 2 is 1.78 bits per heavy atom. The van der Waals surface area contributed by atoms with Crippen LogP contribution < -0.4 is 11.1 Å². The minimum atomic E-state index is -0.264. The maximum absolute atomic E-state index is 12.7. The zero-order valence-corrected chi connectivity index (χ0v) is 15.9. The van der Waals surface area contributed by atoms with Crippen LogP contribution in [-0.4, -0.2) is 15.9 Å². The molecule has 4 rings (SSSR count). The SMILES string of the molecule is Cc1nc(-c2ccccc2Cl)nc2sc(C(=O)Nc3ccccc3)c(N)c12. The average molecular weight is 395 g/mol. The number of halogens is 1. The van der Waals surface area contributed by atoms with Gasteiger partial charge in [0.1, 0.15) is 9.71 Å². The third kappa shape index (κ3) is 3.25. The Morgan fingerprint density at radius 3 is 2.52 bits per heavy atom. The van der Waals surface area contributed by atoms with Gasteiger partial charge in [0.05, 0.1) is 21.8 Å². The quantitative estimate of drug-likeness (QED) is 0.503. The number of aromatic nitrogens is 2. The topological polar surface area (TPSA) is 80.9 Å². The second-order valence-corrected chi connectivity index (χ2v) is 7.36. The predicted octanol–water partition coefficient (Wildman–Crippen LogP) is 5.15. The smallest absolute Gasteiger partial charge is 0.267 e. The van der Waals surface area contributed by atoms with Crippen molar-refractivity contribution in [1.82, 2.24) is 9.97 Å². The average Bonchev–Trinajstić information content (AvgIpc) is 3.00. The van der Waals surface area contributed by atoms with Gasteiger partial charge in [0, 0.05) is 11.3 Å². The second-order valence-electron chi connectivity index (χ2n) is 5.96. The Bertz CT molecular complexity index is 1160. The number of carbonyl (C=O) groups is 1. The molecule has 0 aliphatic rings. The molecule has 5 nitrogen and oxygen atoms in total. The van der Waals surface area contributed by atoms with Gasteiger partial charge >= 0.3 is 0 Å². The van der Waals surface area contributed by atoms with Crippen LogP contribution in [0.5, 0.6) is 0 Å². The van der Waals surface area contributed by atoms with Crippen LogP contribution in [0.25, 0.3) is 21.6 Å². The van der Waals surface area contributed by atoms with Gasteiger partial charge in [-0.2, -0.15) is 0 Å². The van der Waals surface area contributed by atoms with Crippen LogP contribution in [-0.2, 0) is 0 Å². The summed E-state index contributed by atoms with van der Waals surface area (Å²) < 4.78 is 0. The number of hydrogen-bond donors (Lipinski definition) is 2. The summed E-state index contributed by atoms with van der Waals surface area (Å²) in [5, 5.41) is 4.13. The Labute approximate surface area is 164 Å². The van der Waals surface area contributed by atoms with Crippen molar-refractivity contribution in [2.45, 2.75) is 6.92 Å². The van der Waals surface area contributed by atoms with Crippen LogP contribution in [0.15, 0.2) is 54.6 Å². The molecule has 0 unspecified atom stereocenters. The maximum atomic E-state index is 12.7. The number of anilines is 2. The zero-order valence-electron chi connectivity index (χ0n) is 14.4. The normalized spacial score (nSPS) is 10.9. The van der Waals surface area contributed by atoms with E-state index in [1.807, 2.05) is 55.5 Å². The highest BCUT2D eigenvalue weighted by Crippen LogP contribution is 2.36. The van der Waals surface area contributed by atoms with Gasteiger partial charge in [0.2, 0.25) is 0 Å². The fourth-order valence-electron chi connectivity index (χ4n) is 2.84. The highest BCUT2D eigenvalue weighted by molar-refractivity contribution is 7.21. The van der Waals surface area contributed by atoms with E-state index in [1.165, 1.54) is 11.3 Å². The molecule has 27 heavy (non-hydrogen) atoms. The fraction of sp³-hybridized carbons (Fsp3) is 0.0500. The number of para-hydroxylation sites is 1. The molecule has 2 heterocycles. The summed E-state index contributed by atoms with van der Waals surface area (Å²) in [6, 6.07) is 16.6. The van der Waals surface area contributed by atoms with E-state index in [0.717, 1.165) is 5.56 Å². The molecule has 1 amide bonds. The molecule has 2 aromatic heterocycles. The zero-order chi connectivity index (χ0) is 19.0. The largest absolute Gasteiger partial charge is 0.397 e. The molecule has 3 N–H and O–H groups in total. The molecule has 0 saturated carbocycles. The van der Waals surface area contributed by atoms with Crippen molar-refractivity contribution in [3.63, 3.8) is 0 Å². The third-order valence-electron chi connectivity index (χ3n) is 4.12. The minimum Gasteiger partial charge on any atom is -0.397 e. The number of aryl methyl sites for hydroxylation is 1. The van der Waals surface area contributed by atoms with Gasteiger partial charge in [-0.15, -0.1) is 11.3 Å². The number of nitrogens with one attached hydrogen (secondary N) is 1. The summed E-state index contributed by atoms with van der Waals surface area (Å²) in [4.78, 5) is 22.9. The summed E-state index contributed by atoms with van der Waals surface area (Å²) in [5.41, 5.74) is 8.81.